The number of thiazole rings is 1. The van der Waals surface area contributed by atoms with Crippen LogP contribution in [0.15, 0.2) is 24.4 Å². The normalized spacial score (nSPS) is 11.6. The number of Topliss-reactive ketones (excluding diaryl/α,β-unsaturated/α-hetero) is 1. The molecule has 94 valence electrons. The van der Waals surface area contributed by atoms with Crippen molar-refractivity contribution in [1.82, 2.24) is 9.97 Å². The van der Waals surface area contributed by atoms with E-state index in [0.717, 1.165) is 21.3 Å². The molecule has 2 rings (SSSR count). The molecule has 0 aliphatic rings. The molecule has 0 atom stereocenters. The van der Waals surface area contributed by atoms with Crippen LogP contribution in [0, 0.1) is 0 Å². The average Bonchev–Trinajstić information content (AvgIpc) is 2.74. The van der Waals surface area contributed by atoms with E-state index in [4.69, 9.17) is 0 Å². The third-order valence-corrected chi connectivity index (χ3v) is 3.72. The first kappa shape index (κ1) is 12.9. The van der Waals surface area contributed by atoms with Gasteiger partial charge in [-0.25, -0.2) is 4.98 Å². The van der Waals surface area contributed by atoms with Gasteiger partial charge in [-0.15, -0.1) is 11.3 Å². The van der Waals surface area contributed by atoms with Crippen molar-refractivity contribution in [3.8, 4) is 10.7 Å². The molecule has 18 heavy (non-hydrogen) atoms. The fourth-order valence-electron chi connectivity index (χ4n) is 1.67. The van der Waals surface area contributed by atoms with Crippen LogP contribution in [0.3, 0.4) is 0 Å². The minimum Gasteiger partial charge on any atom is -0.294 e. The summed E-state index contributed by atoms with van der Waals surface area (Å²) in [6.07, 6.45) is 1.74. The number of hydrogen-bond acceptors (Lipinski definition) is 4. The summed E-state index contributed by atoms with van der Waals surface area (Å²) in [6, 6.07) is 5.71. The summed E-state index contributed by atoms with van der Waals surface area (Å²) in [5, 5.41) is 0.811. The van der Waals surface area contributed by atoms with E-state index in [1.54, 1.807) is 13.1 Å². The molecule has 0 fully saturated rings. The number of rotatable bonds is 2. The summed E-state index contributed by atoms with van der Waals surface area (Å²) in [5.41, 5.74) is 1.55. The predicted molar refractivity (Wildman–Crippen MR) is 74.0 cm³/mol. The Morgan fingerprint density at radius 1 is 1.28 bits per heavy atom. The molecule has 0 aliphatic heterocycles. The molecule has 0 saturated heterocycles. The fraction of sp³-hybridized carbons (Fsp3) is 0.357. The van der Waals surface area contributed by atoms with E-state index in [9.17, 15) is 4.79 Å². The first-order chi connectivity index (χ1) is 8.39. The van der Waals surface area contributed by atoms with Crippen LogP contribution < -0.4 is 0 Å². The zero-order chi connectivity index (χ0) is 13.3. The zero-order valence-corrected chi connectivity index (χ0v) is 11.8. The maximum absolute atomic E-state index is 11.7. The molecule has 2 aromatic rings. The molecular weight excluding hydrogens is 244 g/mol. The molecule has 0 unspecified atom stereocenters. The largest absolute Gasteiger partial charge is 0.294 e. The van der Waals surface area contributed by atoms with Gasteiger partial charge in [0.15, 0.2) is 5.78 Å². The lowest BCUT2D eigenvalue weighted by Gasteiger charge is -2.16. The highest BCUT2D eigenvalue weighted by Gasteiger charge is 2.25. The molecular formula is C14H16N2OS. The van der Waals surface area contributed by atoms with Crippen molar-refractivity contribution in [1.29, 1.82) is 0 Å². The molecule has 3 nitrogen and oxygen atoms in total. The first-order valence-electron chi connectivity index (χ1n) is 5.83. The second kappa shape index (κ2) is 4.61. The van der Waals surface area contributed by atoms with Gasteiger partial charge in [-0.05, 0) is 12.1 Å². The van der Waals surface area contributed by atoms with Gasteiger partial charge in [0.2, 0.25) is 0 Å². The Hall–Kier alpha value is -1.55. The summed E-state index contributed by atoms with van der Waals surface area (Å²) < 4.78 is 0. The minimum atomic E-state index is -0.134. The van der Waals surface area contributed by atoms with Crippen LogP contribution in [-0.4, -0.2) is 15.8 Å². The Bertz CT molecular complexity index is 567. The summed E-state index contributed by atoms with van der Waals surface area (Å²) in [5.74, 6) is 0.0691. The number of nitrogens with zero attached hydrogens (tertiary/aromatic N) is 2. The lowest BCUT2D eigenvalue weighted by molar-refractivity contribution is 0.101. The van der Waals surface area contributed by atoms with E-state index >= 15 is 0 Å². The molecule has 4 heteroatoms. The summed E-state index contributed by atoms with van der Waals surface area (Å²) in [4.78, 5) is 21.3. The summed E-state index contributed by atoms with van der Waals surface area (Å²) in [7, 11) is 0. The van der Waals surface area contributed by atoms with Gasteiger partial charge in [0, 0.05) is 18.5 Å². The van der Waals surface area contributed by atoms with E-state index < -0.39 is 0 Å². The van der Waals surface area contributed by atoms with Crippen LogP contribution in [0.5, 0.6) is 0 Å². The zero-order valence-electron chi connectivity index (χ0n) is 11.0. The fourth-order valence-corrected chi connectivity index (χ4v) is 2.81. The van der Waals surface area contributed by atoms with Gasteiger partial charge in [0.1, 0.15) is 5.01 Å². The van der Waals surface area contributed by atoms with Gasteiger partial charge in [0.05, 0.1) is 16.3 Å². The summed E-state index contributed by atoms with van der Waals surface area (Å²) >= 11 is 1.42. The lowest BCUT2D eigenvalue weighted by atomic mass is 9.91. The van der Waals surface area contributed by atoms with Gasteiger partial charge < -0.3 is 0 Å². The van der Waals surface area contributed by atoms with Crippen molar-refractivity contribution in [3.05, 3.63) is 35.0 Å². The number of ketones is 1. The number of pyridine rings is 1. The monoisotopic (exact) mass is 260 g/mol. The first-order valence-corrected chi connectivity index (χ1v) is 6.65. The van der Waals surface area contributed by atoms with Crippen LogP contribution in [0.4, 0.5) is 0 Å². The maximum atomic E-state index is 11.7. The number of hydrogen-bond donors (Lipinski definition) is 0. The molecule has 2 heterocycles. The Kier molecular flexibility index (Phi) is 3.30. The van der Waals surface area contributed by atoms with Crippen molar-refractivity contribution >= 4 is 17.1 Å². The second-order valence-electron chi connectivity index (χ2n) is 5.22. The Balaban J connectivity index is 2.57. The second-order valence-corrected chi connectivity index (χ2v) is 6.22. The topological polar surface area (TPSA) is 42.9 Å². The highest BCUT2D eigenvalue weighted by Crippen LogP contribution is 2.33. The van der Waals surface area contributed by atoms with Crippen LogP contribution >= 0.6 is 11.3 Å². The molecule has 2 aromatic heterocycles. The smallest absolute Gasteiger partial charge is 0.171 e. The van der Waals surface area contributed by atoms with Crippen LogP contribution in [0.25, 0.3) is 10.7 Å². The SMILES string of the molecule is CC(=O)c1sc(-c2ccccn2)nc1C(C)(C)C. The molecule has 0 aromatic carbocycles. The minimum absolute atomic E-state index is 0.0691. The van der Waals surface area contributed by atoms with Gasteiger partial charge >= 0.3 is 0 Å². The van der Waals surface area contributed by atoms with Crippen LogP contribution in [-0.2, 0) is 5.41 Å². The van der Waals surface area contributed by atoms with Gasteiger partial charge in [-0.1, -0.05) is 26.8 Å². The van der Waals surface area contributed by atoms with Crippen LogP contribution in [0.1, 0.15) is 43.1 Å². The van der Waals surface area contributed by atoms with E-state index in [-0.39, 0.29) is 11.2 Å². The highest BCUT2D eigenvalue weighted by molar-refractivity contribution is 7.17. The average molecular weight is 260 g/mol. The summed E-state index contributed by atoms with van der Waals surface area (Å²) in [6.45, 7) is 7.79. The van der Waals surface area contributed by atoms with E-state index in [1.165, 1.54) is 11.3 Å². The van der Waals surface area contributed by atoms with Crippen molar-refractivity contribution in [3.63, 3.8) is 0 Å². The molecule has 0 aliphatic carbocycles. The third-order valence-electron chi connectivity index (χ3n) is 2.54. The highest BCUT2D eigenvalue weighted by atomic mass is 32.1. The maximum Gasteiger partial charge on any atom is 0.171 e. The van der Waals surface area contributed by atoms with Crippen LogP contribution in [0.2, 0.25) is 0 Å². The Morgan fingerprint density at radius 2 is 2.00 bits per heavy atom. The standard InChI is InChI=1S/C14H16N2OS/c1-9(17)11-12(14(2,3)4)16-13(18-11)10-7-5-6-8-15-10/h5-8H,1-4H3. The lowest BCUT2D eigenvalue weighted by Crippen LogP contribution is -2.15. The third kappa shape index (κ3) is 2.48. The molecule has 0 spiro atoms. The molecule has 0 saturated carbocycles. The van der Waals surface area contributed by atoms with Crippen molar-refractivity contribution in [2.75, 3.05) is 0 Å². The molecule has 0 radical (unpaired) electrons. The van der Waals surface area contributed by atoms with Gasteiger partial charge in [-0.3, -0.25) is 9.78 Å². The van der Waals surface area contributed by atoms with E-state index in [0.29, 0.717) is 0 Å². The molecule has 0 bridgehead atoms. The quantitative estimate of drug-likeness (QED) is 0.773. The van der Waals surface area contributed by atoms with E-state index in [2.05, 4.69) is 30.7 Å². The van der Waals surface area contributed by atoms with Crippen molar-refractivity contribution in [2.45, 2.75) is 33.1 Å². The number of aromatic nitrogens is 2. The van der Waals surface area contributed by atoms with Crippen molar-refractivity contribution in [2.24, 2.45) is 0 Å². The Labute approximate surface area is 111 Å². The Morgan fingerprint density at radius 3 is 2.44 bits per heavy atom. The van der Waals surface area contributed by atoms with Gasteiger partial charge in [-0.2, -0.15) is 0 Å². The number of carbonyl (C=O) groups excluding carboxylic acids is 1. The molecule has 0 amide bonds. The van der Waals surface area contributed by atoms with E-state index in [1.807, 2.05) is 18.2 Å². The molecule has 0 N–H and O–H groups in total. The predicted octanol–water partition coefficient (Wildman–Crippen LogP) is 3.71. The number of carbonyl (C=O) groups is 1. The van der Waals surface area contributed by atoms with Gasteiger partial charge in [0.25, 0.3) is 0 Å². The van der Waals surface area contributed by atoms with Crippen molar-refractivity contribution < 1.29 is 4.79 Å².